The Hall–Kier alpha value is -2.51. The van der Waals surface area contributed by atoms with Crippen molar-refractivity contribution < 1.29 is 4.79 Å². The molecule has 0 spiro atoms. The molecule has 2 aromatic heterocycles. The van der Waals surface area contributed by atoms with Gasteiger partial charge in [-0.25, -0.2) is 9.97 Å². The predicted molar refractivity (Wildman–Crippen MR) is 117 cm³/mol. The molecule has 7 heteroatoms. The van der Waals surface area contributed by atoms with E-state index < -0.39 is 0 Å². The number of benzene rings is 2. The Morgan fingerprint density at radius 3 is 2.79 bits per heavy atom. The molecule has 1 amide bonds. The van der Waals surface area contributed by atoms with Gasteiger partial charge in [-0.2, -0.15) is 0 Å². The third-order valence-electron chi connectivity index (χ3n) is 5.29. The van der Waals surface area contributed by atoms with E-state index in [4.69, 9.17) is 4.98 Å². The number of aromatic nitrogens is 2. The van der Waals surface area contributed by atoms with E-state index >= 15 is 0 Å². The Labute approximate surface area is 171 Å². The molecular weight excluding hydrogens is 388 g/mol. The minimum Gasteiger partial charge on any atom is -0.345 e. The van der Waals surface area contributed by atoms with Crippen LogP contribution in [0.2, 0.25) is 0 Å². The van der Waals surface area contributed by atoms with E-state index in [1.165, 1.54) is 10.3 Å². The number of fused-ring (bicyclic) bond motifs is 2. The highest BCUT2D eigenvalue weighted by Gasteiger charge is 2.24. The Morgan fingerprint density at radius 2 is 1.96 bits per heavy atom. The van der Waals surface area contributed by atoms with Crippen molar-refractivity contribution in [3.05, 3.63) is 53.0 Å². The maximum absolute atomic E-state index is 12.9. The van der Waals surface area contributed by atoms with Crippen molar-refractivity contribution >= 4 is 54.1 Å². The minimum absolute atomic E-state index is 0.104. The maximum Gasteiger partial charge on any atom is 0.254 e. The summed E-state index contributed by atoms with van der Waals surface area (Å²) in [5, 5.41) is 1.06. The van der Waals surface area contributed by atoms with Crippen LogP contribution in [0.25, 0.3) is 20.4 Å². The molecular formula is C21H20N4OS2. The molecule has 2 aromatic carbocycles. The second-order valence-electron chi connectivity index (χ2n) is 6.93. The Kier molecular flexibility index (Phi) is 4.49. The van der Waals surface area contributed by atoms with Gasteiger partial charge in [-0.05, 0) is 36.2 Å². The molecule has 5 nitrogen and oxygen atoms in total. The third kappa shape index (κ3) is 3.04. The topological polar surface area (TPSA) is 49.3 Å². The molecule has 5 rings (SSSR count). The molecule has 3 heterocycles. The summed E-state index contributed by atoms with van der Waals surface area (Å²) >= 11 is 3.32. The molecule has 1 fully saturated rings. The van der Waals surface area contributed by atoms with Gasteiger partial charge in [0.1, 0.15) is 0 Å². The summed E-state index contributed by atoms with van der Waals surface area (Å²) in [6.45, 7) is 5.24. The van der Waals surface area contributed by atoms with E-state index in [1.54, 1.807) is 22.7 Å². The van der Waals surface area contributed by atoms with Crippen molar-refractivity contribution in [3.8, 4) is 0 Å². The van der Waals surface area contributed by atoms with E-state index in [0.717, 1.165) is 59.0 Å². The average Bonchev–Trinajstić information content (AvgIpc) is 3.39. The van der Waals surface area contributed by atoms with Gasteiger partial charge in [0.2, 0.25) is 0 Å². The number of anilines is 1. The SMILES string of the molecule is CCc1cccc2sc(N3CCN(C(=O)c4ccc5ncsc5c4)CC3)nc12. The molecule has 0 saturated carbocycles. The summed E-state index contributed by atoms with van der Waals surface area (Å²) in [5.41, 5.74) is 5.94. The molecule has 28 heavy (non-hydrogen) atoms. The summed E-state index contributed by atoms with van der Waals surface area (Å²) < 4.78 is 2.30. The molecule has 0 bridgehead atoms. The predicted octanol–water partition coefficient (Wildman–Crippen LogP) is 4.43. The number of carbonyl (C=O) groups is 1. The number of piperazine rings is 1. The average molecular weight is 409 g/mol. The van der Waals surface area contributed by atoms with Crippen molar-refractivity contribution in [3.63, 3.8) is 0 Å². The summed E-state index contributed by atoms with van der Waals surface area (Å²) in [6.07, 6.45) is 0.993. The fourth-order valence-corrected chi connectivity index (χ4v) is 5.47. The van der Waals surface area contributed by atoms with Gasteiger partial charge in [-0.3, -0.25) is 4.79 Å². The fourth-order valence-electron chi connectivity index (χ4n) is 3.69. The van der Waals surface area contributed by atoms with Crippen LogP contribution in [0.3, 0.4) is 0 Å². The molecule has 1 saturated heterocycles. The van der Waals surface area contributed by atoms with Gasteiger partial charge in [-0.15, -0.1) is 11.3 Å². The van der Waals surface area contributed by atoms with Gasteiger partial charge in [0.25, 0.3) is 5.91 Å². The third-order valence-corrected chi connectivity index (χ3v) is 7.16. The molecule has 4 aromatic rings. The Balaban J connectivity index is 1.31. The lowest BCUT2D eigenvalue weighted by Crippen LogP contribution is -2.48. The molecule has 0 atom stereocenters. The maximum atomic E-state index is 12.9. The molecule has 0 unspecified atom stereocenters. The summed E-state index contributed by atoms with van der Waals surface area (Å²) in [4.78, 5) is 26.4. The van der Waals surface area contributed by atoms with Crippen molar-refractivity contribution in [2.45, 2.75) is 13.3 Å². The van der Waals surface area contributed by atoms with Crippen LogP contribution in [0.15, 0.2) is 41.9 Å². The molecule has 0 radical (unpaired) electrons. The lowest BCUT2D eigenvalue weighted by atomic mass is 10.1. The first-order valence-electron chi connectivity index (χ1n) is 9.49. The van der Waals surface area contributed by atoms with Crippen molar-refractivity contribution in [1.82, 2.24) is 14.9 Å². The standard InChI is InChI=1S/C21H20N4OS2/c1-2-14-4-3-5-17-19(14)23-21(28-17)25-10-8-24(9-11-25)20(26)15-6-7-16-18(12-15)27-13-22-16/h3-7,12-13H,2,8-11H2,1H3. The Bertz CT molecular complexity index is 1160. The van der Waals surface area contributed by atoms with E-state index in [2.05, 4.69) is 35.0 Å². The van der Waals surface area contributed by atoms with E-state index in [-0.39, 0.29) is 5.91 Å². The van der Waals surface area contributed by atoms with Crippen LogP contribution in [-0.2, 0) is 6.42 Å². The zero-order chi connectivity index (χ0) is 19.1. The van der Waals surface area contributed by atoms with Crippen LogP contribution in [0, 0.1) is 0 Å². The van der Waals surface area contributed by atoms with Gasteiger partial charge in [0.15, 0.2) is 5.13 Å². The largest absolute Gasteiger partial charge is 0.345 e. The van der Waals surface area contributed by atoms with Crippen LogP contribution >= 0.6 is 22.7 Å². The lowest BCUT2D eigenvalue weighted by Gasteiger charge is -2.34. The monoisotopic (exact) mass is 408 g/mol. The molecule has 0 N–H and O–H groups in total. The zero-order valence-electron chi connectivity index (χ0n) is 15.6. The highest BCUT2D eigenvalue weighted by atomic mass is 32.1. The molecule has 142 valence electrons. The second kappa shape index (κ2) is 7.14. The first kappa shape index (κ1) is 17.6. The molecule has 1 aliphatic heterocycles. The first-order valence-corrected chi connectivity index (χ1v) is 11.2. The second-order valence-corrected chi connectivity index (χ2v) is 8.82. The number of hydrogen-bond acceptors (Lipinski definition) is 6. The van der Waals surface area contributed by atoms with E-state index in [9.17, 15) is 4.79 Å². The van der Waals surface area contributed by atoms with Gasteiger partial charge in [0, 0.05) is 31.7 Å². The van der Waals surface area contributed by atoms with Gasteiger partial charge in [0.05, 0.1) is 25.9 Å². The number of amides is 1. The number of hydrogen-bond donors (Lipinski definition) is 0. The van der Waals surface area contributed by atoms with Gasteiger partial charge < -0.3 is 9.80 Å². The number of carbonyl (C=O) groups excluding carboxylic acids is 1. The summed E-state index contributed by atoms with van der Waals surface area (Å²) in [6, 6.07) is 12.2. The highest BCUT2D eigenvalue weighted by Crippen LogP contribution is 2.31. The lowest BCUT2D eigenvalue weighted by molar-refractivity contribution is 0.0747. The summed E-state index contributed by atoms with van der Waals surface area (Å²) in [5.74, 6) is 0.104. The minimum atomic E-state index is 0.104. The first-order chi connectivity index (χ1) is 13.7. The van der Waals surface area contributed by atoms with Crippen LogP contribution in [0.1, 0.15) is 22.8 Å². The smallest absolute Gasteiger partial charge is 0.254 e. The van der Waals surface area contributed by atoms with E-state index in [0.29, 0.717) is 0 Å². The number of thiazole rings is 2. The number of nitrogens with zero attached hydrogens (tertiary/aromatic N) is 4. The number of para-hydroxylation sites is 1. The summed E-state index contributed by atoms with van der Waals surface area (Å²) in [7, 11) is 0. The van der Waals surface area contributed by atoms with Crippen molar-refractivity contribution in [2.75, 3.05) is 31.1 Å². The van der Waals surface area contributed by atoms with Crippen molar-refractivity contribution in [1.29, 1.82) is 0 Å². The van der Waals surface area contributed by atoms with Gasteiger partial charge >= 0.3 is 0 Å². The zero-order valence-corrected chi connectivity index (χ0v) is 17.2. The normalized spacial score (nSPS) is 14.9. The van der Waals surface area contributed by atoms with Crippen LogP contribution in [0.5, 0.6) is 0 Å². The van der Waals surface area contributed by atoms with Gasteiger partial charge in [-0.1, -0.05) is 30.4 Å². The number of aryl methyl sites for hydroxylation is 1. The van der Waals surface area contributed by atoms with Crippen LogP contribution < -0.4 is 4.90 Å². The quantitative estimate of drug-likeness (QED) is 0.503. The Morgan fingerprint density at radius 1 is 1.11 bits per heavy atom. The fraction of sp³-hybridized carbons (Fsp3) is 0.286. The molecule has 1 aliphatic rings. The van der Waals surface area contributed by atoms with Crippen molar-refractivity contribution in [2.24, 2.45) is 0 Å². The van der Waals surface area contributed by atoms with Crippen LogP contribution in [0.4, 0.5) is 5.13 Å². The van der Waals surface area contributed by atoms with E-state index in [1.807, 2.05) is 28.6 Å². The van der Waals surface area contributed by atoms with Crippen LogP contribution in [-0.4, -0.2) is 47.0 Å². The highest BCUT2D eigenvalue weighted by molar-refractivity contribution is 7.22. The number of rotatable bonds is 3. The molecule has 0 aliphatic carbocycles.